The van der Waals surface area contributed by atoms with E-state index >= 15 is 0 Å². The molecule has 1 saturated carbocycles. The predicted molar refractivity (Wildman–Crippen MR) is 104 cm³/mol. The summed E-state index contributed by atoms with van der Waals surface area (Å²) >= 11 is 0. The second kappa shape index (κ2) is 7.20. The number of amides is 1. The van der Waals surface area contributed by atoms with E-state index in [4.69, 9.17) is 4.74 Å². The molecule has 0 radical (unpaired) electrons. The number of fused-ring (bicyclic) bond motifs is 2. The Hall–Kier alpha value is -2.41. The number of carbonyl (C=O) groups excluding carboxylic acids is 1. The Morgan fingerprint density at radius 1 is 1.21 bits per heavy atom. The van der Waals surface area contributed by atoms with Gasteiger partial charge in [-0.3, -0.25) is 9.69 Å². The van der Waals surface area contributed by atoms with E-state index in [1.807, 2.05) is 12.1 Å². The lowest BCUT2D eigenvalue weighted by Crippen LogP contribution is -2.41. The van der Waals surface area contributed by atoms with Crippen LogP contribution in [0.25, 0.3) is 0 Å². The van der Waals surface area contributed by atoms with Gasteiger partial charge in [-0.05, 0) is 48.8 Å². The van der Waals surface area contributed by atoms with E-state index in [0.717, 1.165) is 57.0 Å². The van der Waals surface area contributed by atoms with Crippen molar-refractivity contribution in [3.63, 3.8) is 0 Å². The molecule has 2 aromatic rings. The molecule has 1 amide bonds. The Bertz CT molecular complexity index is 875. The van der Waals surface area contributed by atoms with Gasteiger partial charge in [-0.15, -0.1) is 10.2 Å². The van der Waals surface area contributed by atoms with E-state index in [2.05, 4.69) is 37.1 Å². The Labute approximate surface area is 165 Å². The summed E-state index contributed by atoms with van der Waals surface area (Å²) in [6, 6.07) is 8.62. The van der Waals surface area contributed by atoms with Crippen molar-refractivity contribution in [3.05, 3.63) is 41.5 Å². The van der Waals surface area contributed by atoms with Crippen molar-refractivity contribution in [2.24, 2.45) is 11.8 Å². The van der Waals surface area contributed by atoms with Gasteiger partial charge in [0.15, 0.2) is 0 Å². The van der Waals surface area contributed by atoms with Gasteiger partial charge >= 0.3 is 0 Å². The third kappa shape index (κ3) is 3.28. The first-order valence-corrected chi connectivity index (χ1v) is 10.3. The highest BCUT2D eigenvalue weighted by molar-refractivity contribution is 5.91. The van der Waals surface area contributed by atoms with Crippen molar-refractivity contribution in [1.29, 1.82) is 0 Å². The van der Waals surface area contributed by atoms with Crippen molar-refractivity contribution in [3.8, 4) is 5.75 Å². The summed E-state index contributed by atoms with van der Waals surface area (Å²) in [5, 5.41) is 11.7. The quantitative estimate of drug-likeness (QED) is 0.856. The summed E-state index contributed by atoms with van der Waals surface area (Å²) < 4.78 is 7.41. The Morgan fingerprint density at radius 2 is 2.07 bits per heavy atom. The van der Waals surface area contributed by atoms with Gasteiger partial charge in [0.25, 0.3) is 5.91 Å². The average molecular weight is 381 g/mol. The van der Waals surface area contributed by atoms with Crippen LogP contribution in [0.5, 0.6) is 5.75 Å². The van der Waals surface area contributed by atoms with Crippen LogP contribution in [0.4, 0.5) is 0 Å². The van der Waals surface area contributed by atoms with Crippen molar-refractivity contribution >= 4 is 5.91 Å². The first-order valence-electron chi connectivity index (χ1n) is 10.3. The number of carbonyl (C=O) groups is 1. The fourth-order valence-electron chi connectivity index (χ4n) is 4.75. The molecule has 7 heteroatoms. The summed E-state index contributed by atoms with van der Waals surface area (Å²) in [7, 11) is 1.71. The fourth-order valence-corrected chi connectivity index (χ4v) is 4.75. The van der Waals surface area contributed by atoms with Crippen molar-refractivity contribution in [2.75, 3.05) is 20.2 Å². The van der Waals surface area contributed by atoms with Crippen molar-refractivity contribution in [2.45, 2.75) is 44.8 Å². The molecule has 1 aliphatic carbocycles. The molecule has 0 bridgehead atoms. The van der Waals surface area contributed by atoms with Crippen LogP contribution in [0, 0.1) is 11.8 Å². The van der Waals surface area contributed by atoms with E-state index in [9.17, 15) is 4.79 Å². The maximum atomic E-state index is 12.6. The number of ether oxygens (including phenoxy) is 1. The first-order chi connectivity index (χ1) is 13.7. The summed E-state index contributed by atoms with van der Waals surface area (Å²) in [4.78, 5) is 15.1. The molecular weight excluding hydrogens is 354 g/mol. The van der Waals surface area contributed by atoms with Crippen LogP contribution in [0.3, 0.4) is 0 Å². The Kier molecular flexibility index (Phi) is 4.55. The minimum absolute atomic E-state index is 0.0619. The topological polar surface area (TPSA) is 72.3 Å². The van der Waals surface area contributed by atoms with E-state index in [1.165, 1.54) is 12.0 Å². The number of methoxy groups -OCH3 is 1. The van der Waals surface area contributed by atoms with Crippen molar-refractivity contribution < 1.29 is 9.53 Å². The van der Waals surface area contributed by atoms with Gasteiger partial charge in [-0.2, -0.15) is 0 Å². The number of hydrogen-bond donors (Lipinski definition) is 1. The second-order valence-electron chi connectivity index (χ2n) is 8.42. The number of hydrogen-bond acceptors (Lipinski definition) is 5. The third-order valence-electron chi connectivity index (χ3n) is 6.53. The Morgan fingerprint density at radius 3 is 2.86 bits per heavy atom. The van der Waals surface area contributed by atoms with Crippen LogP contribution in [0.1, 0.15) is 41.3 Å². The molecule has 3 aliphatic rings. The molecule has 5 rings (SSSR count). The first kappa shape index (κ1) is 17.7. The smallest absolute Gasteiger partial charge is 0.289 e. The molecule has 0 unspecified atom stereocenters. The SMILES string of the molecule is COc1cccc(CN2C[C@@H]3Cn4c(nnc4C(=O)NC4CCC4)C[C@H]3C2)c1. The number of aromatic nitrogens is 3. The molecule has 1 N–H and O–H groups in total. The molecule has 148 valence electrons. The number of benzene rings is 1. The maximum absolute atomic E-state index is 12.6. The van der Waals surface area contributed by atoms with Crippen LogP contribution in [0.2, 0.25) is 0 Å². The zero-order chi connectivity index (χ0) is 19.1. The van der Waals surface area contributed by atoms with E-state index < -0.39 is 0 Å². The third-order valence-corrected chi connectivity index (χ3v) is 6.53. The number of likely N-dealkylation sites (tertiary alicyclic amines) is 1. The molecule has 2 fully saturated rings. The highest BCUT2D eigenvalue weighted by Gasteiger charge is 2.39. The van der Waals surface area contributed by atoms with Crippen LogP contribution < -0.4 is 10.1 Å². The molecule has 2 atom stereocenters. The standard InChI is InChI=1S/C21H27N5O2/c1-28-18-7-2-4-14(8-18)10-25-11-15-9-19-23-24-20(26(19)13-16(15)12-25)21(27)22-17-5-3-6-17/h2,4,7-8,15-17H,3,5-6,9-13H2,1H3,(H,22,27)/t15-,16+/m0/s1. The van der Waals surface area contributed by atoms with Gasteiger partial charge in [0.05, 0.1) is 7.11 Å². The van der Waals surface area contributed by atoms with Crippen LogP contribution in [0.15, 0.2) is 24.3 Å². The zero-order valence-electron chi connectivity index (χ0n) is 16.3. The molecule has 1 saturated heterocycles. The minimum atomic E-state index is -0.0619. The summed E-state index contributed by atoms with van der Waals surface area (Å²) in [5.74, 6) is 3.43. The summed E-state index contributed by atoms with van der Waals surface area (Å²) in [5.41, 5.74) is 1.28. The highest BCUT2D eigenvalue weighted by atomic mass is 16.5. The van der Waals surface area contributed by atoms with E-state index in [-0.39, 0.29) is 5.91 Å². The zero-order valence-corrected chi connectivity index (χ0v) is 16.3. The van der Waals surface area contributed by atoms with E-state index in [0.29, 0.717) is 23.7 Å². The van der Waals surface area contributed by atoms with E-state index in [1.54, 1.807) is 7.11 Å². The van der Waals surface area contributed by atoms with Gasteiger partial charge in [0.1, 0.15) is 11.6 Å². The second-order valence-corrected chi connectivity index (χ2v) is 8.42. The summed E-state index contributed by atoms with van der Waals surface area (Å²) in [6.45, 7) is 3.89. The van der Waals surface area contributed by atoms with Gasteiger partial charge in [0.2, 0.25) is 5.82 Å². The molecule has 1 aromatic carbocycles. The molecule has 2 aliphatic heterocycles. The Balaban J connectivity index is 1.25. The molecular formula is C21H27N5O2. The van der Waals surface area contributed by atoms with Gasteiger partial charge in [0, 0.05) is 38.6 Å². The molecule has 3 heterocycles. The minimum Gasteiger partial charge on any atom is -0.497 e. The molecule has 28 heavy (non-hydrogen) atoms. The largest absolute Gasteiger partial charge is 0.497 e. The highest BCUT2D eigenvalue weighted by Crippen LogP contribution is 2.33. The van der Waals surface area contributed by atoms with Gasteiger partial charge in [-0.25, -0.2) is 0 Å². The monoisotopic (exact) mass is 381 g/mol. The van der Waals surface area contributed by atoms with Gasteiger partial charge in [-0.1, -0.05) is 12.1 Å². The van der Waals surface area contributed by atoms with Crippen LogP contribution >= 0.6 is 0 Å². The number of nitrogens with one attached hydrogen (secondary N) is 1. The predicted octanol–water partition coefficient (Wildman–Crippen LogP) is 1.87. The number of nitrogens with zero attached hydrogens (tertiary/aromatic N) is 4. The van der Waals surface area contributed by atoms with Crippen LogP contribution in [-0.4, -0.2) is 51.8 Å². The lowest BCUT2D eigenvalue weighted by Gasteiger charge is -2.28. The normalized spacial score (nSPS) is 24.3. The summed E-state index contributed by atoms with van der Waals surface area (Å²) in [6.07, 6.45) is 4.27. The molecule has 7 nitrogen and oxygen atoms in total. The average Bonchev–Trinajstić information content (AvgIpc) is 3.25. The lowest BCUT2D eigenvalue weighted by molar-refractivity contribution is 0.0898. The number of rotatable bonds is 5. The van der Waals surface area contributed by atoms with Crippen molar-refractivity contribution in [1.82, 2.24) is 25.0 Å². The lowest BCUT2D eigenvalue weighted by atomic mass is 9.89. The molecule has 1 aromatic heterocycles. The van der Waals surface area contributed by atoms with Gasteiger partial charge < -0.3 is 14.6 Å². The van der Waals surface area contributed by atoms with Crippen LogP contribution in [-0.2, 0) is 19.5 Å². The molecule has 0 spiro atoms. The fraction of sp³-hybridized carbons (Fsp3) is 0.571. The maximum Gasteiger partial charge on any atom is 0.289 e.